The molecule has 3 N–H and O–H groups in total. The standard InChI is InChI=1S/C48H73NO10/c1-30-13-9-8-10-14-31(2)25-32(3)41(51)28-42(52)33(4)26-34(5)43(53)29-44(35(6)27-37-18-20-38(50)21-19-37)58-47(56)40-15-11-12-24-49(40)46(55)45(54)48(57)36(7)17-23-39(59-48)22-16-30/h8-10,13-14,26,31-32,34-40,42,44,50,52,57H,11-12,15-25,27-29H2,1-7H3/b9-8+,14-10+,30-13+,33-26+/t31-,32-,34-,35-,36-,37-,38-,39-,40+,42+,44+,48-/m1/s1. The molecular weight excluding hydrogens is 751 g/mol. The minimum absolute atomic E-state index is 0.0506. The van der Waals surface area contributed by atoms with E-state index in [0.29, 0.717) is 69.8 Å². The number of cyclic esters (lactones) is 1. The summed E-state index contributed by atoms with van der Waals surface area (Å²) in [5.41, 5.74) is 1.60. The van der Waals surface area contributed by atoms with Gasteiger partial charge in [-0.1, -0.05) is 76.6 Å². The Morgan fingerprint density at radius 2 is 1.56 bits per heavy atom. The molecule has 330 valence electrons. The number of amides is 1. The predicted octanol–water partition coefficient (Wildman–Crippen LogP) is 7.31. The third kappa shape index (κ3) is 13.9. The number of piperidine rings is 1. The van der Waals surface area contributed by atoms with Crippen LogP contribution in [-0.4, -0.2) is 92.2 Å². The number of carbonyl (C=O) groups excluding carboxylic acids is 5. The van der Waals surface area contributed by atoms with Gasteiger partial charge >= 0.3 is 5.97 Å². The molecule has 1 saturated carbocycles. The lowest BCUT2D eigenvalue weighted by Crippen LogP contribution is -2.60. The van der Waals surface area contributed by atoms with Crippen molar-refractivity contribution in [2.24, 2.45) is 35.5 Å². The molecule has 3 heterocycles. The number of ketones is 3. The fourth-order valence-corrected chi connectivity index (χ4v) is 9.20. The van der Waals surface area contributed by atoms with Crippen LogP contribution in [0.3, 0.4) is 0 Å². The zero-order valence-corrected chi connectivity index (χ0v) is 36.8. The minimum atomic E-state index is -2.33. The highest BCUT2D eigenvalue weighted by Crippen LogP contribution is 2.37. The summed E-state index contributed by atoms with van der Waals surface area (Å²) >= 11 is 0. The zero-order valence-electron chi connectivity index (χ0n) is 36.8. The summed E-state index contributed by atoms with van der Waals surface area (Å²) in [6.45, 7) is 13.2. The molecule has 3 fully saturated rings. The molecule has 0 spiro atoms. The molecule has 11 nitrogen and oxygen atoms in total. The summed E-state index contributed by atoms with van der Waals surface area (Å²) in [7, 11) is 0. The third-order valence-corrected chi connectivity index (χ3v) is 13.4. The van der Waals surface area contributed by atoms with Crippen molar-refractivity contribution in [3.8, 4) is 0 Å². The van der Waals surface area contributed by atoms with Crippen LogP contribution in [0, 0.1) is 35.5 Å². The van der Waals surface area contributed by atoms with Crippen molar-refractivity contribution < 1.29 is 48.8 Å². The number of hydrogen-bond donors (Lipinski definition) is 3. The second-order valence-corrected chi connectivity index (χ2v) is 18.6. The van der Waals surface area contributed by atoms with Gasteiger partial charge in [0.05, 0.1) is 18.3 Å². The first-order valence-corrected chi connectivity index (χ1v) is 22.5. The van der Waals surface area contributed by atoms with Crippen molar-refractivity contribution in [1.82, 2.24) is 4.90 Å². The molecule has 2 bridgehead atoms. The van der Waals surface area contributed by atoms with Gasteiger partial charge in [0.25, 0.3) is 11.7 Å². The smallest absolute Gasteiger partial charge is 0.329 e. The number of aliphatic hydroxyl groups is 3. The van der Waals surface area contributed by atoms with Crippen LogP contribution in [0.4, 0.5) is 0 Å². The van der Waals surface area contributed by atoms with Crippen LogP contribution in [-0.2, 0) is 33.4 Å². The number of hydrogen-bond acceptors (Lipinski definition) is 10. The van der Waals surface area contributed by atoms with E-state index in [1.807, 2.05) is 58.1 Å². The number of Topliss-reactive ketones (excluding diaryl/α,β-unsaturated/α-hetero) is 3. The average Bonchev–Trinajstić information content (AvgIpc) is 3.20. The lowest BCUT2D eigenvalue weighted by molar-refractivity contribution is -0.263. The van der Waals surface area contributed by atoms with Crippen molar-refractivity contribution in [1.29, 1.82) is 0 Å². The largest absolute Gasteiger partial charge is 0.460 e. The van der Waals surface area contributed by atoms with Gasteiger partial charge in [-0.05, 0) is 121 Å². The minimum Gasteiger partial charge on any atom is -0.460 e. The van der Waals surface area contributed by atoms with Gasteiger partial charge in [0, 0.05) is 37.1 Å². The van der Waals surface area contributed by atoms with Crippen molar-refractivity contribution in [2.75, 3.05) is 6.54 Å². The topological polar surface area (TPSA) is 168 Å². The Balaban J connectivity index is 1.63. The van der Waals surface area contributed by atoms with E-state index in [2.05, 4.69) is 0 Å². The van der Waals surface area contributed by atoms with E-state index in [9.17, 15) is 39.3 Å². The molecule has 0 aromatic carbocycles. The van der Waals surface area contributed by atoms with Crippen LogP contribution in [0.15, 0.2) is 47.6 Å². The first-order chi connectivity index (χ1) is 27.9. The Kier molecular flexibility index (Phi) is 18.5. The van der Waals surface area contributed by atoms with Gasteiger partial charge in [0.1, 0.15) is 23.7 Å². The Morgan fingerprint density at radius 1 is 0.847 bits per heavy atom. The summed E-state index contributed by atoms with van der Waals surface area (Å²) in [4.78, 5) is 70.5. The lowest BCUT2D eigenvalue weighted by atomic mass is 9.79. The van der Waals surface area contributed by atoms with Crippen molar-refractivity contribution in [2.45, 2.75) is 181 Å². The first kappa shape index (κ1) is 48.4. The fourth-order valence-electron chi connectivity index (χ4n) is 9.20. The molecule has 10 atom stereocenters. The monoisotopic (exact) mass is 824 g/mol. The molecule has 1 aliphatic carbocycles. The average molecular weight is 824 g/mol. The molecule has 59 heavy (non-hydrogen) atoms. The summed E-state index contributed by atoms with van der Waals surface area (Å²) in [6, 6.07) is -1.07. The fraction of sp³-hybridized carbons (Fsp3) is 0.729. The summed E-state index contributed by atoms with van der Waals surface area (Å²) in [6.07, 6.45) is 16.9. The third-order valence-electron chi connectivity index (χ3n) is 13.4. The van der Waals surface area contributed by atoms with Gasteiger partial charge < -0.3 is 29.7 Å². The van der Waals surface area contributed by atoms with Crippen molar-refractivity contribution in [3.63, 3.8) is 0 Å². The van der Waals surface area contributed by atoms with Crippen LogP contribution in [0.5, 0.6) is 0 Å². The lowest BCUT2D eigenvalue weighted by Gasteiger charge is -2.42. The van der Waals surface area contributed by atoms with Gasteiger partial charge in [-0.3, -0.25) is 19.2 Å². The van der Waals surface area contributed by atoms with E-state index in [0.717, 1.165) is 18.4 Å². The predicted molar refractivity (Wildman–Crippen MR) is 227 cm³/mol. The normalized spacial score (nSPS) is 39.5. The highest BCUT2D eigenvalue weighted by molar-refractivity contribution is 6.39. The molecule has 0 radical (unpaired) electrons. The van der Waals surface area contributed by atoms with Gasteiger partial charge in [-0.25, -0.2) is 4.79 Å². The van der Waals surface area contributed by atoms with Gasteiger partial charge in [-0.15, -0.1) is 0 Å². The maximum absolute atomic E-state index is 14.2. The SMILES string of the molecule is C\C1=C/C=C/C=C/[C@@H](C)C[C@@H](C)C(=O)C[C@H](O)/C(C)=C/[C@@H](C)C(=O)C[C@@H]([C@H](C)C[C@H]2CC[C@H](O)CC2)OC(=O)[C@@H]2CCCCN2C(=O)C(=O)[C@]2(O)O[C@H](CC1)CC[C@H]2C. The van der Waals surface area contributed by atoms with Crippen molar-refractivity contribution in [3.05, 3.63) is 47.6 Å². The van der Waals surface area contributed by atoms with Gasteiger partial charge in [0.15, 0.2) is 0 Å². The van der Waals surface area contributed by atoms with E-state index in [1.54, 1.807) is 26.8 Å². The quantitative estimate of drug-likeness (QED) is 0.149. The zero-order chi connectivity index (χ0) is 43.4. The molecule has 1 amide bonds. The molecular formula is C48H73NO10. The number of fused-ring (bicyclic) bond motifs is 3. The molecule has 0 aromatic rings. The number of esters is 1. The summed E-state index contributed by atoms with van der Waals surface area (Å²) < 4.78 is 12.3. The van der Waals surface area contributed by atoms with E-state index in [4.69, 9.17) is 9.47 Å². The van der Waals surface area contributed by atoms with E-state index >= 15 is 0 Å². The number of nitrogens with zero attached hydrogens (tertiary/aromatic N) is 1. The Labute approximate surface area is 352 Å². The maximum atomic E-state index is 14.2. The Morgan fingerprint density at radius 3 is 2.27 bits per heavy atom. The molecule has 2 saturated heterocycles. The molecule has 3 aliphatic heterocycles. The summed E-state index contributed by atoms with van der Waals surface area (Å²) in [5, 5.41) is 32.9. The van der Waals surface area contributed by atoms with E-state index in [1.165, 1.54) is 4.90 Å². The number of aliphatic hydroxyl groups excluding tert-OH is 2. The van der Waals surface area contributed by atoms with Gasteiger partial charge in [0.2, 0.25) is 5.79 Å². The maximum Gasteiger partial charge on any atom is 0.329 e. The molecule has 4 rings (SSSR count). The Bertz CT molecular complexity index is 1590. The van der Waals surface area contributed by atoms with Crippen LogP contribution in [0.1, 0.15) is 145 Å². The van der Waals surface area contributed by atoms with E-state index in [-0.39, 0.29) is 67.1 Å². The second kappa shape index (κ2) is 22.6. The summed E-state index contributed by atoms with van der Waals surface area (Å²) in [5.74, 6) is -6.69. The van der Waals surface area contributed by atoms with Crippen LogP contribution >= 0.6 is 0 Å². The number of allylic oxidation sites excluding steroid dienone is 7. The van der Waals surface area contributed by atoms with Crippen LogP contribution in [0.25, 0.3) is 0 Å². The van der Waals surface area contributed by atoms with E-state index < -0.39 is 59.6 Å². The number of rotatable bonds is 3. The molecule has 0 unspecified atom stereocenters. The highest BCUT2D eigenvalue weighted by atomic mass is 16.6. The second-order valence-electron chi connectivity index (χ2n) is 18.6. The number of carbonyl (C=O) groups is 5. The molecule has 4 aliphatic rings. The van der Waals surface area contributed by atoms with Crippen LogP contribution in [0.2, 0.25) is 0 Å². The first-order valence-electron chi connectivity index (χ1n) is 22.5. The van der Waals surface area contributed by atoms with Crippen molar-refractivity contribution >= 4 is 29.2 Å². The van der Waals surface area contributed by atoms with Gasteiger partial charge in [-0.2, -0.15) is 0 Å². The highest BCUT2D eigenvalue weighted by Gasteiger charge is 2.52. The molecule has 11 heteroatoms. The van der Waals surface area contributed by atoms with Crippen LogP contribution < -0.4 is 0 Å². The Hall–Kier alpha value is -3.25. The molecule has 0 aromatic heterocycles. The number of ether oxygens (including phenoxy) is 2.